The van der Waals surface area contributed by atoms with Gasteiger partial charge in [0.1, 0.15) is 0 Å². The molecule has 0 aliphatic heterocycles. The van der Waals surface area contributed by atoms with Gasteiger partial charge in [0.2, 0.25) is 5.91 Å². The minimum absolute atomic E-state index is 0.00463. The van der Waals surface area contributed by atoms with Gasteiger partial charge < -0.3 is 15.2 Å². The van der Waals surface area contributed by atoms with E-state index in [1.165, 1.54) is 6.92 Å². The number of aliphatic carboxylic acids is 1. The number of carboxylic acids is 1. The Hall–Kier alpha value is -1.06. The van der Waals surface area contributed by atoms with Crippen LogP contribution in [0.15, 0.2) is 0 Å². The zero-order valence-corrected chi connectivity index (χ0v) is 7.14. The van der Waals surface area contributed by atoms with Crippen LogP contribution in [0.25, 0.3) is 0 Å². The first kappa shape index (κ1) is 12.6. The molecular weight excluding hydrogens is 146 g/mol. The van der Waals surface area contributed by atoms with E-state index < -0.39 is 5.97 Å². The van der Waals surface area contributed by atoms with Crippen LogP contribution in [-0.4, -0.2) is 18.9 Å². The third-order valence-corrected chi connectivity index (χ3v) is 0.806. The van der Waals surface area contributed by atoms with Crippen molar-refractivity contribution in [3.63, 3.8) is 0 Å². The third-order valence-electron chi connectivity index (χ3n) is 0.806. The number of carbonyl (C=O) groups is 2. The highest BCUT2D eigenvalue weighted by molar-refractivity contribution is 5.72. The first-order valence-corrected chi connectivity index (χ1v) is 3.42. The van der Waals surface area contributed by atoms with Crippen molar-refractivity contribution in [1.29, 1.82) is 0 Å². The standard InChI is InChI=1S/C4H8O2.C3H7NO/c1-2-3-4(5)6;1-3(5)4-2/h2-3H2,1H3,(H,5,6);1-2H3,(H,4,5)/p-1. The summed E-state index contributed by atoms with van der Waals surface area (Å²) in [4.78, 5) is 19.2. The van der Waals surface area contributed by atoms with Crippen LogP contribution in [0.3, 0.4) is 0 Å². The van der Waals surface area contributed by atoms with Crippen LogP contribution in [0.1, 0.15) is 26.7 Å². The molecular formula is C7H14NO3-. The second-order valence-electron chi connectivity index (χ2n) is 1.93. The number of rotatable bonds is 2. The number of carboxylic acid groups (broad SMARTS) is 1. The predicted octanol–water partition coefficient (Wildman–Crippen LogP) is -0.711. The highest BCUT2D eigenvalue weighted by Crippen LogP contribution is 1.79. The Morgan fingerprint density at radius 1 is 1.45 bits per heavy atom. The van der Waals surface area contributed by atoms with E-state index in [0.29, 0.717) is 6.42 Å². The molecule has 0 bridgehead atoms. The lowest BCUT2D eigenvalue weighted by Gasteiger charge is -1.92. The molecule has 0 rings (SSSR count). The average Bonchev–Trinajstić information content (AvgIpc) is 1.89. The lowest BCUT2D eigenvalue weighted by Crippen LogP contribution is -2.20. The maximum atomic E-state index is 9.70. The summed E-state index contributed by atoms with van der Waals surface area (Å²) in [6, 6.07) is 0. The summed E-state index contributed by atoms with van der Waals surface area (Å²) < 4.78 is 0. The molecule has 0 aromatic heterocycles. The van der Waals surface area contributed by atoms with Crippen molar-refractivity contribution in [2.75, 3.05) is 7.05 Å². The van der Waals surface area contributed by atoms with Gasteiger partial charge in [0, 0.05) is 19.9 Å². The maximum absolute atomic E-state index is 9.70. The molecule has 0 saturated carbocycles. The Morgan fingerprint density at radius 3 is 1.82 bits per heavy atom. The van der Waals surface area contributed by atoms with Crippen LogP contribution < -0.4 is 10.4 Å². The molecule has 4 heteroatoms. The molecule has 4 nitrogen and oxygen atoms in total. The molecule has 0 atom stereocenters. The molecule has 0 spiro atoms. The molecule has 0 saturated heterocycles. The number of nitrogens with one attached hydrogen (secondary N) is 1. The van der Waals surface area contributed by atoms with Crippen molar-refractivity contribution in [3.05, 3.63) is 0 Å². The highest BCUT2D eigenvalue weighted by atomic mass is 16.4. The van der Waals surface area contributed by atoms with Crippen LogP contribution in [0.5, 0.6) is 0 Å². The van der Waals surface area contributed by atoms with E-state index in [-0.39, 0.29) is 12.3 Å². The van der Waals surface area contributed by atoms with Crippen molar-refractivity contribution >= 4 is 11.9 Å². The second kappa shape index (κ2) is 8.94. The Kier molecular flexibility index (Phi) is 10.2. The van der Waals surface area contributed by atoms with E-state index in [9.17, 15) is 14.7 Å². The monoisotopic (exact) mass is 160 g/mol. The Balaban J connectivity index is 0. The molecule has 0 unspecified atom stereocenters. The highest BCUT2D eigenvalue weighted by Gasteiger charge is 1.75. The SMILES string of the molecule is CCCC(=O)[O-].CNC(C)=O. The largest absolute Gasteiger partial charge is 0.550 e. The summed E-state index contributed by atoms with van der Waals surface area (Å²) in [6.07, 6.45) is 0.850. The molecule has 0 fully saturated rings. The van der Waals surface area contributed by atoms with Crippen molar-refractivity contribution < 1.29 is 14.7 Å². The summed E-state index contributed by atoms with van der Waals surface area (Å²) in [5, 5.41) is 11.9. The predicted molar refractivity (Wildman–Crippen MR) is 39.7 cm³/mol. The molecule has 0 aliphatic rings. The second-order valence-corrected chi connectivity index (χ2v) is 1.93. The van der Waals surface area contributed by atoms with Gasteiger partial charge in [0.25, 0.3) is 0 Å². The molecule has 1 amide bonds. The Bertz CT molecular complexity index is 123. The molecule has 11 heavy (non-hydrogen) atoms. The van der Waals surface area contributed by atoms with Gasteiger partial charge in [-0.1, -0.05) is 13.3 Å². The summed E-state index contributed by atoms with van der Waals surface area (Å²) in [5.74, 6) is -0.956. The molecule has 0 radical (unpaired) electrons. The van der Waals surface area contributed by atoms with Crippen molar-refractivity contribution in [1.82, 2.24) is 5.32 Å². The van der Waals surface area contributed by atoms with Gasteiger partial charge in [-0.3, -0.25) is 4.79 Å². The summed E-state index contributed by atoms with van der Waals surface area (Å²) >= 11 is 0. The maximum Gasteiger partial charge on any atom is 0.216 e. The molecule has 0 aromatic rings. The van der Waals surface area contributed by atoms with Gasteiger partial charge >= 0.3 is 0 Å². The first-order chi connectivity index (χ1) is 5.04. The van der Waals surface area contributed by atoms with Gasteiger partial charge in [-0.2, -0.15) is 0 Å². The summed E-state index contributed by atoms with van der Waals surface area (Å²) in [6.45, 7) is 3.27. The van der Waals surface area contributed by atoms with Crippen LogP contribution in [0, 0.1) is 0 Å². The fourth-order valence-electron chi connectivity index (χ4n) is 0.204. The van der Waals surface area contributed by atoms with Gasteiger partial charge in [-0.15, -0.1) is 0 Å². The van der Waals surface area contributed by atoms with E-state index in [0.717, 1.165) is 0 Å². The molecule has 0 heterocycles. The zero-order valence-electron chi connectivity index (χ0n) is 7.14. The Labute approximate surface area is 66.6 Å². The van der Waals surface area contributed by atoms with Crippen LogP contribution in [0.4, 0.5) is 0 Å². The number of hydrogen-bond donors (Lipinski definition) is 1. The normalized spacial score (nSPS) is 7.55. The lowest BCUT2D eigenvalue weighted by atomic mass is 10.4. The van der Waals surface area contributed by atoms with E-state index in [1.54, 1.807) is 14.0 Å². The summed E-state index contributed by atoms with van der Waals surface area (Å²) in [5.41, 5.74) is 0. The van der Waals surface area contributed by atoms with Gasteiger partial charge in [0.15, 0.2) is 0 Å². The Morgan fingerprint density at radius 2 is 1.82 bits per heavy atom. The van der Waals surface area contributed by atoms with Crippen LogP contribution in [-0.2, 0) is 9.59 Å². The van der Waals surface area contributed by atoms with Gasteiger partial charge in [0.05, 0.1) is 0 Å². The van der Waals surface area contributed by atoms with Gasteiger partial charge in [-0.25, -0.2) is 0 Å². The first-order valence-electron chi connectivity index (χ1n) is 3.42. The lowest BCUT2D eigenvalue weighted by molar-refractivity contribution is -0.305. The molecule has 1 N–H and O–H groups in total. The van der Waals surface area contributed by atoms with Crippen LogP contribution >= 0.6 is 0 Å². The minimum atomic E-state index is -0.961. The molecule has 0 aliphatic carbocycles. The van der Waals surface area contributed by atoms with E-state index in [2.05, 4.69) is 5.32 Å². The zero-order chi connectivity index (χ0) is 9.28. The van der Waals surface area contributed by atoms with E-state index in [4.69, 9.17) is 0 Å². The quantitative estimate of drug-likeness (QED) is 0.580. The van der Waals surface area contributed by atoms with E-state index >= 15 is 0 Å². The van der Waals surface area contributed by atoms with Crippen molar-refractivity contribution in [2.45, 2.75) is 26.7 Å². The molecule has 66 valence electrons. The van der Waals surface area contributed by atoms with Crippen molar-refractivity contribution in [2.24, 2.45) is 0 Å². The van der Waals surface area contributed by atoms with Crippen molar-refractivity contribution in [3.8, 4) is 0 Å². The fraction of sp³-hybridized carbons (Fsp3) is 0.714. The average molecular weight is 160 g/mol. The minimum Gasteiger partial charge on any atom is -0.550 e. The van der Waals surface area contributed by atoms with E-state index in [1.807, 2.05) is 0 Å². The number of carbonyl (C=O) groups excluding carboxylic acids is 2. The fourth-order valence-corrected chi connectivity index (χ4v) is 0.204. The molecule has 0 aromatic carbocycles. The third kappa shape index (κ3) is 27.7. The number of amides is 1. The van der Waals surface area contributed by atoms with Crippen LogP contribution in [0.2, 0.25) is 0 Å². The summed E-state index contributed by atoms with van der Waals surface area (Å²) in [7, 11) is 1.60. The number of hydrogen-bond acceptors (Lipinski definition) is 3. The topological polar surface area (TPSA) is 69.2 Å². The van der Waals surface area contributed by atoms with Gasteiger partial charge in [-0.05, 0) is 6.42 Å². The smallest absolute Gasteiger partial charge is 0.216 e.